The number of nitrogens with zero attached hydrogens (tertiary/aromatic N) is 4. The predicted octanol–water partition coefficient (Wildman–Crippen LogP) is 3.10. The fraction of sp³-hybridized carbons (Fsp3) is 0.154. The van der Waals surface area contributed by atoms with Crippen LogP contribution in [-0.2, 0) is 6.42 Å². The third kappa shape index (κ3) is 2.90. The molecule has 0 aliphatic rings. The summed E-state index contributed by atoms with van der Waals surface area (Å²) in [5, 5.41) is 11.6. The lowest BCUT2D eigenvalue weighted by atomic mass is 10.1. The molecular weight excluding hydrogens is 244 g/mol. The SMILES string of the molecule is CCc1cc(Oc2ncc(N=O)cn2)ccc1C#N. The van der Waals surface area contributed by atoms with E-state index in [0.29, 0.717) is 11.3 Å². The van der Waals surface area contributed by atoms with Crippen LogP contribution in [0.15, 0.2) is 35.8 Å². The van der Waals surface area contributed by atoms with Crippen molar-refractivity contribution < 1.29 is 4.74 Å². The Morgan fingerprint density at radius 3 is 2.68 bits per heavy atom. The summed E-state index contributed by atoms with van der Waals surface area (Å²) in [5.74, 6) is 0.544. The quantitative estimate of drug-likeness (QED) is 0.782. The van der Waals surface area contributed by atoms with Gasteiger partial charge in [-0.1, -0.05) is 6.92 Å². The van der Waals surface area contributed by atoms with Crippen LogP contribution in [0.1, 0.15) is 18.1 Å². The fourth-order valence-corrected chi connectivity index (χ4v) is 1.55. The largest absolute Gasteiger partial charge is 0.424 e. The molecular formula is C13H10N4O2. The Labute approximate surface area is 109 Å². The number of aryl methyl sites for hydroxylation is 1. The summed E-state index contributed by atoms with van der Waals surface area (Å²) in [5.41, 5.74) is 1.66. The van der Waals surface area contributed by atoms with Gasteiger partial charge in [0.05, 0.1) is 24.0 Å². The minimum atomic E-state index is 0.124. The summed E-state index contributed by atoms with van der Waals surface area (Å²) in [6.07, 6.45) is 3.29. The maximum absolute atomic E-state index is 10.2. The Bertz CT molecular complexity index is 632. The zero-order valence-electron chi connectivity index (χ0n) is 10.2. The smallest absolute Gasteiger partial charge is 0.322 e. The summed E-state index contributed by atoms with van der Waals surface area (Å²) < 4.78 is 5.44. The summed E-state index contributed by atoms with van der Waals surface area (Å²) in [6.45, 7) is 1.96. The molecule has 1 aromatic carbocycles. The van der Waals surface area contributed by atoms with E-state index in [9.17, 15) is 4.91 Å². The van der Waals surface area contributed by atoms with Gasteiger partial charge in [0.15, 0.2) is 0 Å². The number of ether oxygens (including phenoxy) is 1. The number of hydrogen-bond donors (Lipinski definition) is 0. The first-order chi connectivity index (χ1) is 9.26. The van der Waals surface area contributed by atoms with Crippen LogP contribution in [-0.4, -0.2) is 9.97 Å². The third-order valence-electron chi connectivity index (χ3n) is 2.51. The number of benzene rings is 1. The van der Waals surface area contributed by atoms with E-state index in [1.165, 1.54) is 12.4 Å². The lowest BCUT2D eigenvalue weighted by Gasteiger charge is -2.06. The van der Waals surface area contributed by atoms with Crippen LogP contribution in [0.5, 0.6) is 11.8 Å². The topological polar surface area (TPSA) is 88.2 Å². The van der Waals surface area contributed by atoms with Crippen molar-refractivity contribution in [2.75, 3.05) is 0 Å². The van der Waals surface area contributed by atoms with Crippen molar-refractivity contribution >= 4 is 5.69 Å². The van der Waals surface area contributed by atoms with Crippen LogP contribution in [0.2, 0.25) is 0 Å². The highest BCUT2D eigenvalue weighted by Crippen LogP contribution is 2.22. The van der Waals surface area contributed by atoms with Crippen molar-refractivity contribution in [3.63, 3.8) is 0 Å². The Kier molecular flexibility index (Phi) is 3.78. The molecule has 1 aromatic heterocycles. The first-order valence-electron chi connectivity index (χ1n) is 5.63. The van der Waals surface area contributed by atoms with Gasteiger partial charge in [-0.2, -0.15) is 5.26 Å². The minimum Gasteiger partial charge on any atom is -0.424 e. The maximum atomic E-state index is 10.2. The lowest BCUT2D eigenvalue weighted by molar-refractivity contribution is 0.441. The highest BCUT2D eigenvalue weighted by Gasteiger charge is 2.05. The molecule has 0 bridgehead atoms. The van der Waals surface area contributed by atoms with Crippen LogP contribution < -0.4 is 4.74 Å². The number of nitroso groups, excluding NO2 is 1. The van der Waals surface area contributed by atoms with Gasteiger partial charge in [-0.3, -0.25) is 0 Å². The molecule has 6 heteroatoms. The zero-order chi connectivity index (χ0) is 13.7. The number of aromatic nitrogens is 2. The van der Waals surface area contributed by atoms with E-state index < -0.39 is 0 Å². The van der Waals surface area contributed by atoms with E-state index in [1.54, 1.807) is 18.2 Å². The summed E-state index contributed by atoms with van der Waals surface area (Å²) in [4.78, 5) is 17.9. The number of hydrogen-bond acceptors (Lipinski definition) is 6. The molecule has 0 saturated carbocycles. The molecule has 94 valence electrons. The molecule has 0 radical (unpaired) electrons. The number of rotatable bonds is 4. The van der Waals surface area contributed by atoms with Crippen molar-refractivity contribution in [3.8, 4) is 17.8 Å². The van der Waals surface area contributed by atoms with Gasteiger partial charge in [-0.15, -0.1) is 4.91 Å². The highest BCUT2D eigenvalue weighted by molar-refractivity contribution is 5.43. The van der Waals surface area contributed by atoms with Crippen molar-refractivity contribution in [2.24, 2.45) is 5.18 Å². The normalized spacial score (nSPS) is 9.68. The third-order valence-corrected chi connectivity index (χ3v) is 2.51. The van der Waals surface area contributed by atoms with E-state index >= 15 is 0 Å². The number of nitriles is 1. The minimum absolute atomic E-state index is 0.124. The molecule has 0 aliphatic heterocycles. The van der Waals surface area contributed by atoms with Gasteiger partial charge in [0.25, 0.3) is 0 Å². The van der Waals surface area contributed by atoms with E-state index in [1.807, 2.05) is 6.92 Å². The molecule has 0 N–H and O–H groups in total. The molecule has 19 heavy (non-hydrogen) atoms. The van der Waals surface area contributed by atoms with Gasteiger partial charge < -0.3 is 4.74 Å². The van der Waals surface area contributed by atoms with Gasteiger partial charge in [0.1, 0.15) is 11.4 Å². The molecule has 6 nitrogen and oxygen atoms in total. The Balaban J connectivity index is 2.23. The van der Waals surface area contributed by atoms with Gasteiger partial charge in [-0.05, 0) is 35.4 Å². The molecule has 0 spiro atoms. The summed E-state index contributed by atoms with van der Waals surface area (Å²) in [6, 6.07) is 7.38. The molecule has 0 fully saturated rings. The molecule has 0 amide bonds. The van der Waals surface area contributed by atoms with E-state index in [2.05, 4.69) is 21.2 Å². The van der Waals surface area contributed by atoms with E-state index in [0.717, 1.165) is 12.0 Å². The summed E-state index contributed by atoms with van der Waals surface area (Å²) in [7, 11) is 0. The second kappa shape index (κ2) is 5.69. The Morgan fingerprint density at radius 1 is 1.37 bits per heavy atom. The monoisotopic (exact) mass is 254 g/mol. The zero-order valence-corrected chi connectivity index (χ0v) is 10.2. The van der Waals surface area contributed by atoms with Crippen molar-refractivity contribution in [2.45, 2.75) is 13.3 Å². The molecule has 0 unspecified atom stereocenters. The first-order valence-corrected chi connectivity index (χ1v) is 5.63. The molecule has 2 aromatic rings. The van der Waals surface area contributed by atoms with Crippen molar-refractivity contribution in [1.82, 2.24) is 9.97 Å². The second-order valence-corrected chi connectivity index (χ2v) is 3.70. The van der Waals surface area contributed by atoms with Gasteiger partial charge in [-0.25, -0.2) is 9.97 Å². The average molecular weight is 254 g/mol. The second-order valence-electron chi connectivity index (χ2n) is 3.70. The Morgan fingerprint density at radius 2 is 2.11 bits per heavy atom. The lowest BCUT2D eigenvalue weighted by Crippen LogP contribution is -1.93. The van der Waals surface area contributed by atoms with Crippen LogP contribution in [0.3, 0.4) is 0 Å². The molecule has 0 saturated heterocycles. The van der Waals surface area contributed by atoms with Gasteiger partial charge in [0, 0.05) is 0 Å². The van der Waals surface area contributed by atoms with Crippen LogP contribution >= 0.6 is 0 Å². The van der Waals surface area contributed by atoms with E-state index in [4.69, 9.17) is 10.00 Å². The molecule has 0 atom stereocenters. The first kappa shape index (κ1) is 12.6. The molecule has 1 heterocycles. The standard InChI is InChI=1S/C13H10N4O2/c1-2-9-5-12(4-3-10(9)6-14)19-13-15-7-11(17-18)8-16-13/h3-5,7-8H,2H2,1H3. The Hall–Kier alpha value is -2.81. The predicted molar refractivity (Wildman–Crippen MR) is 68.1 cm³/mol. The fourth-order valence-electron chi connectivity index (χ4n) is 1.55. The van der Waals surface area contributed by atoms with Crippen LogP contribution in [0.25, 0.3) is 0 Å². The maximum Gasteiger partial charge on any atom is 0.322 e. The highest BCUT2D eigenvalue weighted by atomic mass is 16.5. The van der Waals surface area contributed by atoms with Crippen LogP contribution in [0.4, 0.5) is 5.69 Å². The summed E-state index contributed by atoms with van der Waals surface area (Å²) >= 11 is 0. The van der Waals surface area contributed by atoms with Crippen molar-refractivity contribution in [1.29, 1.82) is 5.26 Å². The van der Waals surface area contributed by atoms with Crippen molar-refractivity contribution in [3.05, 3.63) is 46.6 Å². The molecule has 2 rings (SSSR count). The van der Waals surface area contributed by atoms with Gasteiger partial charge in [0.2, 0.25) is 0 Å². The van der Waals surface area contributed by atoms with Crippen LogP contribution in [0, 0.1) is 16.2 Å². The average Bonchev–Trinajstić information content (AvgIpc) is 2.48. The molecule has 0 aliphatic carbocycles. The van der Waals surface area contributed by atoms with Gasteiger partial charge >= 0.3 is 6.01 Å². The van der Waals surface area contributed by atoms with E-state index in [-0.39, 0.29) is 11.7 Å².